The highest BCUT2D eigenvalue weighted by atomic mass is 16.7. The molecule has 5 rings (SSSR count). The van der Waals surface area contributed by atoms with Crippen LogP contribution in [0.15, 0.2) is 40.9 Å². The summed E-state index contributed by atoms with van der Waals surface area (Å²) in [4.78, 5) is 6.89. The van der Waals surface area contributed by atoms with Crippen molar-refractivity contribution in [1.29, 1.82) is 5.26 Å². The van der Waals surface area contributed by atoms with Gasteiger partial charge in [0.1, 0.15) is 0 Å². The van der Waals surface area contributed by atoms with Gasteiger partial charge in [-0.15, -0.1) is 0 Å². The van der Waals surface area contributed by atoms with Crippen molar-refractivity contribution in [3.05, 3.63) is 58.8 Å². The number of hydrogen-bond acceptors (Lipinski definition) is 8. The number of hydrogen-bond donors (Lipinski definition) is 0. The van der Waals surface area contributed by atoms with Gasteiger partial charge in [-0.05, 0) is 88.6 Å². The molecule has 0 bridgehead atoms. The average molecular weight is 518 g/mol. The van der Waals surface area contributed by atoms with Gasteiger partial charge in [-0.25, -0.2) is 0 Å². The van der Waals surface area contributed by atoms with Crippen LogP contribution >= 0.6 is 0 Å². The van der Waals surface area contributed by atoms with Crippen molar-refractivity contribution in [3.8, 4) is 6.07 Å². The van der Waals surface area contributed by atoms with Crippen LogP contribution in [0, 0.1) is 17.2 Å². The summed E-state index contributed by atoms with van der Waals surface area (Å²) in [5, 5.41) is 14.8. The van der Waals surface area contributed by atoms with Crippen molar-refractivity contribution < 1.29 is 14.0 Å². The van der Waals surface area contributed by atoms with Crippen LogP contribution in [0.1, 0.15) is 41.6 Å². The number of ether oxygens (including phenoxy) is 2. The first-order chi connectivity index (χ1) is 18.5. The summed E-state index contributed by atoms with van der Waals surface area (Å²) in [7, 11) is 6.27. The summed E-state index contributed by atoms with van der Waals surface area (Å²) in [6, 6.07) is 14.4. The Bertz CT molecular complexity index is 1240. The molecule has 2 fully saturated rings. The summed E-state index contributed by atoms with van der Waals surface area (Å²) in [5.74, 6) is 0.711. The van der Waals surface area contributed by atoms with E-state index in [2.05, 4.69) is 59.2 Å². The molecular weight excluding hydrogens is 478 g/mol. The smallest absolute Gasteiger partial charge is 0.173 e. The summed E-state index contributed by atoms with van der Waals surface area (Å²) in [6.07, 6.45) is 4.44. The number of nitrogens with zero attached hydrogens (tertiary/aromatic N) is 5. The fourth-order valence-electron chi connectivity index (χ4n) is 5.67. The van der Waals surface area contributed by atoms with Crippen LogP contribution in [0.3, 0.4) is 0 Å². The normalized spacial score (nSPS) is 17.4. The van der Waals surface area contributed by atoms with E-state index in [1.54, 1.807) is 0 Å². The maximum Gasteiger partial charge on any atom is 0.173 e. The second-order valence-electron chi connectivity index (χ2n) is 10.9. The fourth-order valence-corrected chi connectivity index (χ4v) is 5.67. The molecule has 2 aliphatic heterocycles. The van der Waals surface area contributed by atoms with Crippen molar-refractivity contribution in [3.63, 3.8) is 0 Å². The van der Waals surface area contributed by atoms with Crippen LogP contribution in [0.25, 0.3) is 11.0 Å². The van der Waals surface area contributed by atoms with Crippen LogP contribution in [-0.2, 0) is 29.0 Å². The maximum atomic E-state index is 9.09. The lowest BCUT2D eigenvalue weighted by molar-refractivity contribution is -0.0661. The Labute approximate surface area is 225 Å². The molecule has 0 atom stereocenters. The zero-order chi connectivity index (χ0) is 26.5. The number of aryl methyl sites for hydroxylation is 1. The van der Waals surface area contributed by atoms with E-state index in [1.807, 2.05) is 24.3 Å². The zero-order valence-electron chi connectivity index (χ0n) is 22.9. The lowest BCUT2D eigenvalue weighted by Gasteiger charge is -2.32. The average Bonchev–Trinajstić information content (AvgIpc) is 3.59. The van der Waals surface area contributed by atoms with Crippen molar-refractivity contribution >= 4 is 16.7 Å². The van der Waals surface area contributed by atoms with E-state index in [1.165, 1.54) is 12.8 Å². The minimum atomic E-state index is -0.0440. The number of piperidine rings is 1. The molecule has 8 heteroatoms. The zero-order valence-corrected chi connectivity index (χ0v) is 22.9. The van der Waals surface area contributed by atoms with Crippen molar-refractivity contribution in [2.75, 3.05) is 58.9 Å². The van der Waals surface area contributed by atoms with Crippen LogP contribution in [0.5, 0.6) is 0 Å². The Kier molecular flexibility index (Phi) is 8.60. The lowest BCUT2D eigenvalue weighted by atomic mass is 9.91. The highest BCUT2D eigenvalue weighted by Gasteiger charge is 2.25. The highest BCUT2D eigenvalue weighted by molar-refractivity contribution is 5.87. The number of anilines is 1. The molecule has 202 valence electrons. The second-order valence-corrected chi connectivity index (χ2v) is 10.9. The van der Waals surface area contributed by atoms with Gasteiger partial charge in [0.25, 0.3) is 0 Å². The van der Waals surface area contributed by atoms with Gasteiger partial charge in [0, 0.05) is 43.3 Å². The number of fused-ring (bicyclic) bond motifs is 1. The largest absolute Gasteiger partial charge is 0.370 e. The first-order valence-corrected chi connectivity index (χ1v) is 13.7. The standard InChI is InChI=1S/C30H39N5O3/c1-33(2)20-26-28(34(3)19-24-6-4-23(18-31)5-7-24)11-9-25-27(32-38-30(25)26)10-8-22-12-14-35(15-13-22)21-29-36-16-17-37-29/h4-7,9,11,22,29H,8,10,12-17,19-21H2,1-3H3. The second kappa shape index (κ2) is 12.3. The molecule has 2 aromatic carbocycles. The van der Waals surface area contributed by atoms with E-state index in [9.17, 15) is 0 Å². The lowest BCUT2D eigenvalue weighted by Crippen LogP contribution is -2.39. The summed E-state index contributed by atoms with van der Waals surface area (Å²) < 4.78 is 17.2. The van der Waals surface area contributed by atoms with Crippen molar-refractivity contribution in [2.24, 2.45) is 5.92 Å². The third kappa shape index (κ3) is 6.36. The number of rotatable bonds is 10. The van der Waals surface area contributed by atoms with Gasteiger partial charge in [-0.3, -0.25) is 4.90 Å². The molecule has 1 aromatic heterocycles. The molecule has 0 unspecified atom stereocenters. The molecule has 38 heavy (non-hydrogen) atoms. The van der Waals surface area contributed by atoms with Crippen LogP contribution in [-0.4, -0.2) is 75.2 Å². The molecule has 8 nitrogen and oxygen atoms in total. The third-order valence-electron chi connectivity index (χ3n) is 7.78. The Morgan fingerprint density at radius 3 is 2.42 bits per heavy atom. The molecule has 0 saturated carbocycles. The van der Waals surface area contributed by atoms with Gasteiger partial charge in [-0.1, -0.05) is 17.3 Å². The van der Waals surface area contributed by atoms with Gasteiger partial charge in [0.05, 0.1) is 30.5 Å². The quantitative estimate of drug-likeness (QED) is 0.391. The molecule has 3 heterocycles. The number of likely N-dealkylation sites (tertiary alicyclic amines) is 1. The molecule has 0 radical (unpaired) electrons. The Hall–Kier alpha value is -2.96. The Balaban J connectivity index is 1.24. The molecular formula is C30H39N5O3. The minimum absolute atomic E-state index is 0.0440. The third-order valence-corrected chi connectivity index (χ3v) is 7.78. The van der Waals surface area contributed by atoms with Gasteiger partial charge >= 0.3 is 0 Å². The van der Waals surface area contributed by atoms with Gasteiger partial charge < -0.3 is 23.8 Å². The van der Waals surface area contributed by atoms with Crippen molar-refractivity contribution in [2.45, 2.75) is 45.1 Å². The monoisotopic (exact) mass is 517 g/mol. The van der Waals surface area contributed by atoms with Gasteiger partial charge in [0.2, 0.25) is 0 Å². The molecule has 0 N–H and O–H groups in total. The van der Waals surface area contributed by atoms with E-state index in [0.717, 1.165) is 92.3 Å². The fraction of sp³-hybridized carbons (Fsp3) is 0.533. The predicted molar refractivity (Wildman–Crippen MR) is 148 cm³/mol. The van der Waals surface area contributed by atoms with Gasteiger partial charge in [0.15, 0.2) is 11.9 Å². The van der Waals surface area contributed by atoms with E-state index in [-0.39, 0.29) is 6.29 Å². The van der Waals surface area contributed by atoms with Crippen LogP contribution in [0.2, 0.25) is 0 Å². The van der Waals surface area contributed by atoms with E-state index in [0.29, 0.717) is 11.5 Å². The molecule has 3 aromatic rings. The van der Waals surface area contributed by atoms with E-state index in [4.69, 9.17) is 19.3 Å². The predicted octanol–water partition coefficient (Wildman–Crippen LogP) is 4.41. The molecule has 0 amide bonds. The minimum Gasteiger partial charge on any atom is -0.370 e. The summed E-state index contributed by atoms with van der Waals surface area (Å²) in [5.41, 5.74) is 6.10. The SMILES string of the molecule is CN(C)Cc1c(N(C)Cc2ccc(C#N)cc2)ccc2c(CCC3CCN(CC4OCCO4)CC3)noc12. The van der Waals surface area contributed by atoms with E-state index < -0.39 is 0 Å². The molecule has 2 aliphatic rings. The Morgan fingerprint density at radius 2 is 1.74 bits per heavy atom. The highest BCUT2D eigenvalue weighted by Crippen LogP contribution is 2.33. The number of benzene rings is 2. The first kappa shape index (κ1) is 26.6. The Morgan fingerprint density at radius 1 is 1.00 bits per heavy atom. The van der Waals surface area contributed by atoms with Crippen molar-refractivity contribution in [1.82, 2.24) is 15.0 Å². The first-order valence-electron chi connectivity index (χ1n) is 13.7. The van der Waals surface area contributed by atoms with Crippen LogP contribution in [0.4, 0.5) is 5.69 Å². The summed E-state index contributed by atoms with van der Waals surface area (Å²) in [6.45, 7) is 6.06. The van der Waals surface area contributed by atoms with Gasteiger partial charge in [-0.2, -0.15) is 5.26 Å². The van der Waals surface area contributed by atoms with Crippen LogP contribution < -0.4 is 4.90 Å². The number of nitriles is 1. The maximum absolute atomic E-state index is 9.09. The molecule has 2 saturated heterocycles. The van der Waals surface area contributed by atoms with E-state index >= 15 is 0 Å². The summed E-state index contributed by atoms with van der Waals surface area (Å²) >= 11 is 0. The topological polar surface area (TPSA) is 78.0 Å². The number of aromatic nitrogens is 1. The molecule has 0 spiro atoms. The molecule has 0 aliphatic carbocycles.